The number of nitrogens with one attached hydrogen (secondary N) is 1. The molecule has 30 heavy (non-hydrogen) atoms. The molecule has 0 radical (unpaired) electrons. The normalized spacial score (nSPS) is 15.9. The summed E-state index contributed by atoms with van der Waals surface area (Å²) < 4.78 is 15.5. The van der Waals surface area contributed by atoms with Crippen LogP contribution in [0, 0.1) is 5.92 Å². The van der Waals surface area contributed by atoms with Gasteiger partial charge in [-0.25, -0.2) is 4.79 Å². The van der Waals surface area contributed by atoms with Crippen LogP contribution in [0.2, 0.25) is 0 Å². The summed E-state index contributed by atoms with van der Waals surface area (Å²) in [6.45, 7) is 7.05. The van der Waals surface area contributed by atoms with Gasteiger partial charge in [0.25, 0.3) is 0 Å². The van der Waals surface area contributed by atoms with Crippen molar-refractivity contribution in [3.05, 3.63) is 30.6 Å². The molecule has 0 aliphatic carbocycles. The first-order valence-corrected chi connectivity index (χ1v) is 9.93. The molecule has 9 heteroatoms. The van der Waals surface area contributed by atoms with Crippen molar-refractivity contribution in [1.82, 2.24) is 15.2 Å². The number of rotatable bonds is 9. The molecule has 0 spiro atoms. The fraction of sp³-hybridized carbons (Fsp3) is 0.619. The predicted octanol–water partition coefficient (Wildman–Crippen LogP) is 1.28. The van der Waals surface area contributed by atoms with Gasteiger partial charge < -0.3 is 24.4 Å². The number of carbonyl (C=O) groups is 3. The van der Waals surface area contributed by atoms with Gasteiger partial charge in [-0.15, -0.1) is 0 Å². The summed E-state index contributed by atoms with van der Waals surface area (Å²) in [6, 6.07) is 5.72. The summed E-state index contributed by atoms with van der Waals surface area (Å²) in [5, 5.41) is 2.74. The largest absolute Gasteiger partial charge is 0.458 e. The molecular weight excluding hydrogens is 390 g/mol. The van der Waals surface area contributed by atoms with E-state index in [1.807, 2.05) is 18.2 Å². The highest BCUT2D eigenvalue weighted by atomic mass is 16.6. The molecular formula is C21H35N3O6. The molecule has 1 atom stereocenters. The van der Waals surface area contributed by atoms with E-state index >= 15 is 0 Å². The van der Waals surface area contributed by atoms with Crippen LogP contribution >= 0.6 is 0 Å². The van der Waals surface area contributed by atoms with E-state index in [1.165, 1.54) is 0 Å². The zero-order chi connectivity index (χ0) is 22.4. The lowest BCUT2D eigenvalue weighted by molar-refractivity contribution is -0.160. The van der Waals surface area contributed by atoms with Crippen molar-refractivity contribution < 1.29 is 30.0 Å². The Bertz CT molecular complexity index is 628. The van der Waals surface area contributed by atoms with E-state index in [4.69, 9.17) is 14.2 Å². The zero-order valence-corrected chi connectivity index (χ0v) is 18.3. The second-order valence-electron chi connectivity index (χ2n) is 7.74. The van der Waals surface area contributed by atoms with Crippen molar-refractivity contribution in [2.24, 2.45) is 5.92 Å². The summed E-state index contributed by atoms with van der Waals surface area (Å²) >= 11 is 0. The lowest BCUT2D eigenvalue weighted by Gasteiger charge is -2.19. The van der Waals surface area contributed by atoms with Crippen molar-refractivity contribution in [3.63, 3.8) is 0 Å². The Balaban J connectivity index is 0.00000110. The molecule has 1 fully saturated rings. The molecule has 2 heterocycles. The molecule has 1 aromatic heterocycles. The molecule has 2 rings (SSSR count). The number of hydrogen-bond donors (Lipinski definition) is 1. The van der Waals surface area contributed by atoms with E-state index in [1.54, 1.807) is 45.1 Å². The monoisotopic (exact) mass is 425 g/mol. The first-order chi connectivity index (χ1) is 14.2. The van der Waals surface area contributed by atoms with Crippen LogP contribution in [-0.2, 0) is 28.6 Å². The van der Waals surface area contributed by atoms with Gasteiger partial charge in [-0.1, -0.05) is 6.07 Å². The van der Waals surface area contributed by atoms with Gasteiger partial charge in [0.15, 0.2) is 0 Å². The van der Waals surface area contributed by atoms with E-state index in [0.29, 0.717) is 26.3 Å². The fourth-order valence-corrected chi connectivity index (χ4v) is 2.49. The minimum atomic E-state index is -0.520. The number of aromatic nitrogens is 1. The van der Waals surface area contributed by atoms with Gasteiger partial charge >= 0.3 is 5.97 Å². The summed E-state index contributed by atoms with van der Waals surface area (Å²) in [4.78, 5) is 39.9. The summed E-state index contributed by atoms with van der Waals surface area (Å²) in [5.74, 6) is -0.823. The maximum atomic E-state index is 11.8. The Hall–Kier alpha value is -2.52. The average Bonchev–Trinajstić information content (AvgIpc) is 3.03. The van der Waals surface area contributed by atoms with Crippen LogP contribution in [0.4, 0.5) is 0 Å². The third kappa shape index (κ3) is 12.1. The van der Waals surface area contributed by atoms with Crippen LogP contribution in [0.3, 0.4) is 0 Å². The Morgan fingerprint density at radius 2 is 1.83 bits per heavy atom. The highest BCUT2D eigenvalue weighted by molar-refractivity contribution is 5.89. The highest BCUT2D eigenvalue weighted by Gasteiger charge is 2.31. The van der Waals surface area contributed by atoms with Gasteiger partial charge in [0.1, 0.15) is 12.2 Å². The number of carbonyl (C=O) groups excluding carboxylic acids is 3. The smallest absolute Gasteiger partial charge is 0.332 e. The van der Waals surface area contributed by atoms with Crippen molar-refractivity contribution in [2.45, 2.75) is 32.8 Å². The van der Waals surface area contributed by atoms with Crippen molar-refractivity contribution in [2.75, 3.05) is 46.6 Å². The maximum Gasteiger partial charge on any atom is 0.332 e. The van der Waals surface area contributed by atoms with E-state index in [2.05, 4.69) is 10.3 Å². The van der Waals surface area contributed by atoms with Gasteiger partial charge in [0.05, 0.1) is 25.7 Å². The van der Waals surface area contributed by atoms with Crippen molar-refractivity contribution in [1.29, 1.82) is 0 Å². The average molecular weight is 426 g/mol. The van der Waals surface area contributed by atoms with Crippen LogP contribution < -0.4 is 5.32 Å². The molecule has 2 amide bonds. The second-order valence-corrected chi connectivity index (χ2v) is 7.74. The SMILES string of the molecule is CN1C[C@@H](C(=O)NCCOCCOCC(=O)OC(C)(C)C)CC1=O.[HH].c1ccncc1. The molecule has 1 aliphatic heterocycles. The molecule has 1 aliphatic rings. The Kier molecular flexibility index (Phi) is 11.6. The number of nitrogens with zero attached hydrogens (tertiary/aromatic N) is 2. The molecule has 9 nitrogen and oxygen atoms in total. The second kappa shape index (κ2) is 13.7. The number of pyridine rings is 1. The molecule has 0 saturated carbocycles. The standard InChI is InChI=1S/C16H28N2O6.C5H5N.H2/c1-16(2,3)24-14(20)11-23-8-7-22-6-5-17-15(21)12-9-13(19)18(4)10-12;1-2-4-6-5-3-1;/h12H,5-11H2,1-4H3,(H,17,21);1-5H;1H/t12-;;/m0../s1. The molecule has 0 aromatic carbocycles. The van der Waals surface area contributed by atoms with Gasteiger partial charge in [-0.05, 0) is 32.9 Å². The van der Waals surface area contributed by atoms with Gasteiger partial charge in [0.2, 0.25) is 11.8 Å². The van der Waals surface area contributed by atoms with Crippen LogP contribution in [0.25, 0.3) is 0 Å². The molecule has 1 N–H and O–H groups in total. The number of amides is 2. The minimum absolute atomic E-state index is 0. The lowest BCUT2D eigenvalue weighted by atomic mass is 10.1. The molecule has 1 aromatic rings. The number of hydrogen-bond acceptors (Lipinski definition) is 7. The molecule has 1 saturated heterocycles. The predicted molar refractivity (Wildman–Crippen MR) is 113 cm³/mol. The van der Waals surface area contributed by atoms with Crippen molar-refractivity contribution in [3.8, 4) is 0 Å². The number of likely N-dealkylation sites (tertiary alicyclic amines) is 1. The van der Waals surface area contributed by atoms with Crippen molar-refractivity contribution >= 4 is 17.8 Å². The van der Waals surface area contributed by atoms with Crippen LogP contribution in [0.1, 0.15) is 28.6 Å². The Labute approximate surface area is 179 Å². The zero-order valence-electron chi connectivity index (χ0n) is 18.3. The highest BCUT2D eigenvalue weighted by Crippen LogP contribution is 2.15. The number of esters is 1. The van der Waals surface area contributed by atoms with Crippen LogP contribution in [0.15, 0.2) is 30.6 Å². The lowest BCUT2D eigenvalue weighted by Crippen LogP contribution is -2.34. The summed E-state index contributed by atoms with van der Waals surface area (Å²) in [6.07, 6.45) is 3.77. The molecule has 170 valence electrons. The van der Waals surface area contributed by atoms with Gasteiger partial charge in [-0.2, -0.15) is 0 Å². The van der Waals surface area contributed by atoms with Gasteiger partial charge in [-0.3, -0.25) is 14.6 Å². The Morgan fingerprint density at radius 1 is 1.17 bits per heavy atom. The summed E-state index contributed by atoms with van der Waals surface area (Å²) in [7, 11) is 1.69. The van der Waals surface area contributed by atoms with E-state index in [9.17, 15) is 14.4 Å². The quantitative estimate of drug-likeness (QED) is 0.469. The Morgan fingerprint density at radius 3 is 2.33 bits per heavy atom. The molecule has 0 unspecified atom stereocenters. The van der Waals surface area contributed by atoms with E-state index < -0.39 is 11.6 Å². The maximum absolute atomic E-state index is 11.8. The minimum Gasteiger partial charge on any atom is -0.458 e. The van der Waals surface area contributed by atoms with E-state index in [-0.39, 0.29) is 38.8 Å². The molecule has 0 bridgehead atoms. The summed E-state index contributed by atoms with van der Waals surface area (Å²) in [5.41, 5.74) is -0.520. The first kappa shape index (κ1) is 25.5. The third-order valence-corrected chi connectivity index (χ3v) is 3.84. The third-order valence-electron chi connectivity index (χ3n) is 3.84. The van der Waals surface area contributed by atoms with E-state index in [0.717, 1.165) is 0 Å². The van der Waals surface area contributed by atoms with Crippen LogP contribution in [0.5, 0.6) is 0 Å². The topological polar surface area (TPSA) is 107 Å². The first-order valence-electron chi connectivity index (χ1n) is 9.93. The fourth-order valence-electron chi connectivity index (χ4n) is 2.49. The van der Waals surface area contributed by atoms with Gasteiger partial charge in [0, 0.05) is 40.4 Å². The van der Waals surface area contributed by atoms with Crippen LogP contribution in [-0.4, -0.2) is 79.8 Å². The number of ether oxygens (including phenoxy) is 3.